The van der Waals surface area contributed by atoms with Crippen molar-refractivity contribution < 1.29 is 0 Å². The van der Waals surface area contributed by atoms with Crippen molar-refractivity contribution in [3.8, 4) is 73.4 Å². The maximum absolute atomic E-state index is 5.11. The van der Waals surface area contributed by atoms with E-state index in [2.05, 4.69) is 150 Å². The van der Waals surface area contributed by atoms with Gasteiger partial charge in [0.1, 0.15) is 0 Å². The Labute approximate surface area is 318 Å². The maximum Gasteiger partial charge on any atom is 0.164 e. The quantitative estimate of drug-likeness (QED) is 0.184. The van der Waals surface area contributed by atoms with Crippen LogP contribution in [-0.4, -0.2) is 19.5 Å². The molecule has 12 rings (SSSR count). The molecular weight excluding hydrogens is 669 g/mol. The molecule has 0 aliphatic heterocycles. The van der Waals surface area contributed by atoms with Gasteiger partial charge >= 0.3 is 0 Å². The number of rotatable bonds is 4. The molecular formula is C51H32N4. The molecule has 4 nitrogen and oxygen atoms in total. The fourth-order valence-corrected chi connectivity index (χ4v) is 9.44. The normalized spacial score (nSPS) is 15.9. The highest BCUT2D eigenvalue weighted by molar-refractivity contribution is 6.25. The number of fused-ring (bicyclic) bond motifs is 12. The van der Waals surface area contributed by atoms with Crippen molar-refractivity contribution in [1.82, 2.24) is 19.5 Å². The SMILES string of the molecule is C1=CC2c3ccccc3-c3c(c4c5cccc6c5c(cc4n3-c3cccc(-c4nc(-c5ccccc5)nc(-c5ccccc5)n4)c3)-c3ccccc3-6)C2C=C1. The molecule has 0 radical (unpaired) electrons. The highest BCUT2D eigenvalue weighted by Crippen LogP contribution is 2.57. The largest absolute Gasteiger partial charge is 0.309 e. The van der Waals surface area contributed by atoms with Crippen LogP contribution in [-0.2, 0) is 0 Å². The van der Waals surface area contributed by atoms with E-state index in [-0.39, 0.29) is 11.8 Å². The van der Waals surface area contributed by atoms with Gasteiger partial charge in [-0.25, -0.2) is 15.0 Å². The van der Waals surface area contributed by atoms with Gasteiger partial charge in [0.05, 0.1) is 11.2 Å². The van der Waals surface area contributed by atoms with Gasteiger partial charge in [-0.1, -0.05) is 164 Å². The summed E-state index contributed by atoms with van der Waals surface area (Å²) in [4.78, 5) is 15.2. The molecule has 0 amide bonds. The van der Waals surface area contributed by atoms with Gasteiger partial charge in [0, 0.05) is 45.2 Å². The molecule has 2 atom stereocenters. The number of allylic oxidation sites excluding steroid dienone is 4. The molecule has 256 valence electrons. The lowest BCUT2D eigenvalue weighted by molar-refractivity contribution is 0.722. The van der Waals surface area contributed by atoms with E-state index < -0.39 is 0 Å². The van der Waals surface area contributed by atoms with Crippen LogP contribution < -0.4 is 0 Å². The Hall–Kier alpha value is -7.17. The molecule has 0 saturated heterocycles. The second-order valence-electron chi connectivity index (χ2n) is 14.7. The van der Waals surface area contributed by atoms with Gasteiger partial charge in [-0.2, -0.15) is 0 Å². The van der Waals surface area contributed by atoms with Gasteiger partial charge in [0.2, 0.25) is 0 Å². The first-order valence-corrected chi connectivity index (χ1v) is 19.0. The van der Waals surface area contributed by atoms with Gasteiger partial charge in [-0.3, -0.25) is 0 Å². The van der Waals surface area contributed by atoms with Gasteiger partial charge in [0.25, 0.3) is 0 Å². The maximum atomic E-state index is 5.11. The van der Waals surface area contributed by atoms with E-state index in [9.17, 15) is 0 Å². The van der Waals surface area contributed by atoms with Crippen molar-refractivity contribution in [2.45, 2.75) is 11.8 Å². The first kappa shape index (κ1) is 30.3. The van der Waals surface area contributed by atoms with Gasteiger partial charge < -0.3 is 4.57 Å². The monoisotopic (exact) mass is 700 g/mol. The molecule has 2 unspecified atom stereocenters. The van der Waals surface area contributed by atoms with Gasteiger partial charge in [-0.05, 0) is 62.4 Å². The van der Waals surface area contributed by atoms with Crippen molar-refractivity contribution in [3.05, 3.63) is 193 Å². The van der Waals surface area contributed by atoms with Crippen LogP contribution in [0.15, 0.2) is 182 Å². The molecule has 3 aliphatic carbocycles. The Morgan fingerprint density at radius 1 is 0.418 bits per heavy atom. The molecule has 0 saturated carbocycles. The Bertz CT molecular complexity index is 3040. The van der Waals surface area contributed by atoms with Crippen molar-refractivity contribution in [2.24, 2.45) is 0 Å². The van der Waals surface area contributed by atoms with E-state index in [0.29, 0.717) is 17.5 Å². The summed E-state index contributed by atoms with van der Waals surface area (Å²) in [5.41, 5.74) is 15.6. The summed E-state index contributed by atoms with van der Waals surface area (Å²) in [6.07, 6.45) is 9.25. The summed E-state index contributed by atoms with van der Waals surface area (Å²) >= 11 is 0. The Kier molecular flexibility index (Phi) is 6.43. The third kappa shape index (κ3) is 4.43. The zero-order valence-corrected chi connectivity index (χ0v) is 29.8. The topological polar surface area (TPSA) is 43.6 Å². The fourth-order valence-electron chi connectivity index (χ4n) is 9.44. The summed E-state index contributed by atoms with van der Waals surface area (Å²) in [5, 5.41) is 3.99. The van der Waals surface area contributed by atoms with E-state index in [4.69, 9.17) is 15.0 Å². The molecule has 2 heterocycles. The van der Waals surface area contributed by atoms with Crippen LogP contribution in [0.1, 0.15) is 23.0 Å². The average molecular weight is 701 g/mol. The molecule has 3 aliphatic rings. The van der Waals surface area contributed by atoms with Crippen molar-refractivity contribution in [2.75, 3.05) is 0 Å². The molecule has 0 spiro atoms. The Morgan fingerprint density at radius 2 is 0.982 bits per heavy atom. The lowest BCUT2D eigenvalue weighted by Crippen LogP contribution is -2.17. The van der Waals surface area contributed by atoms with Crippen LogP contribution in [0.2, 0.25) is 0 Å². The number of benzene rings is 7. The highest BCUT2D eigenvalue weighted by Gasteiger charge is 2.38. The fraction of sp³-hybridized carbons (Fsp3) is 0.0392. The predicted molar refractivity (Wildman–Crippen MR) is 224 cm³/mol. The van der Waals surface area contributed by atoms with Crippen LogP contribution >= 0.6 is 0 Å². The third-order valence-corrected chi connectivity index (χ3v) is 11.7. The van der Waals surface area contributed by atoms with Crippen molar-refractivity contribution in [1.29, 1.82) is 0 Å². The number of hydrogen-bond donors (Lipinski definition) is 0. The summed E-state index contributed by atoms with van der Waals surface area (Å²) < 4.78 is 2.52. The Morgan fingerprint density at radius 3 is 1.71 bits per heavy atom. The van der Waals surface area contributed by atoms with Crippen LogP contribution in [0.5, 0.6) is 0 Å². The average Bonchev–Trinajstić information content (AvgIpc) is 3.79. The summed E-state index contributed by atoms with van der Waals surface area (Å²) in [7, 11) is 0. The molecule has 0 bridgehead atoms. The number of aromatic nitrogens is 4. The highest BCUT2D eigenvalue weighted by atomic mass is 15.0. The smallest absolute Gasteiger partial charge is 0.164 e. The predicted octanol–water partition coefficient (Wildman–Crippen LogP) is 12.6. The molecule has 4 heteroatoms. The first-order chi connectivity index (χ1) is 27.3. The minimum atomic E-state index is 0.202. The van der Waals surface area contributed by atoms with Crippen LogP contribution in [0.3, 0.4) is 0 Å². The number of hydrogen-bond acceptors (Lipinski definition) is 3. The zero-order chi connectivity index (χ0) is 36.0. The molecule has 0 N–H and O–H groups in total. The van der Waals surface area contributed by atoms with E-state index >= 15 is 0 Å². The third-order valence-electron chi connectivity index (χ3n) is 11.7. The summed E-state index contributed by atoms with van der Waals surface area (Å²) in [6.45, 7) is 0. The van der Waals surface area contributed by atoms with E-state index in [1.54, 1.807) is 0 Å². The van der Waals surface area contributed by atoms with Gasteiger partial charge in [0.15, 0.2) is 17.5 Å². The molecule has 55 heavy (non-hydrogen) atoms. The first-order valence-electron chi connectivity index (χ1n) is 19.0. The number of nitrogens with zero attached hydrogens (tertiary/aromatic N) is 4. The second kappa shape index (κ2) is 11.7. The minimum Gasteiger partial charge on any atom is -0.309 e. The van der Waals surface area contributed by atoms with Crippen LogP contribution in [0.25, 0.3) is 95.0 Å². The zero-order valence-electron chi connectivity index (χ0n) is 29.8. The summed E-state index contributed by atoms with van der Waals surface area (Å²) in [6, 6.07) is 56.3. The molecule has 9 aromatic rings. The van der Waals surface area contributed by atoms with Crippen molar-refractivity contribution >= 4 is 21.7 Å². The molecule has 0 fully saturated rings. The van der Waals surface area contributed by atoms with Crippen LogP contribution in [0, 0.1) is 0 Å². The minimum absolute atomic E-state index is 0.202. The molecule has 2 aromatic heterocycles. The standard InChI is InChI=1S/C51H32N4/c1-3-15-31(16-4-1)49-52-50(32-17-5-2-6-18-32)54-51(53-49)33-19-13-20-34(29-33)55-44-30-43-38-24-8-7-22-36(38)39-27-14-28-42(45(39)43)46(44)47-40-25-11-9-21-35(40)37-23-10-12-26-41(37)48(47)55/h1-30,35,40H. The lowest BCUT2D eigenvalue weighted by atomic mass is 9.71. The summed E-state index contributed by atoms with van der Waals surface area (Å²) in [5.74, 6) is 2.41. The second-order valence-corrected chi connectivity index (χ2v) is 14.7. The molecule has 7 aromatic carbocycles. The van der Waals surface area contributed by atoms with E-state index in [1.807, 2.05) is 36.4 Å². The lowest BCUT2D eigenvalue weighted by Gasteiger charge is -2.33. The van der Waals surface area contributed by atoms with E-state index in [0.717, 1.165) is 22.4 Å². The van der Waals surface area contributed by atoms with E-state index in [1.165, 1.54) is 66.3 Å². The van der Waals surface area contributed by atoms with Crippen molar-refractivity contribution in [3.63, 3.8) is 0 Å². The Balaban J connectivity index is 1.16. The van der Waals surface area contributed by atoms with Crippen LogP contribution in [0.4, 0.5) is 0 Å². The van der Waals surface area contributed by atoms with Gasteiger partial charge in [-0.15, -0.1) is 0 Å².